The molecule has 1 saturated carbocycles. The molecule has 0 atom stereocenters. The quantitative estimate of drug-likeness (QED) is 0.753. The Labute approximate surface area is 103 Å². The maximum absolute atomic E-state index is 5.26. The van der Waals surface area contributed by atoms with Crippen LogP contribution in [0.2, 0.25) is 0 Å². The summed E-state index contributed by atoms with van der Waals surface area (Å²) < 4.78 is 0.988. The molecule has 0 aliphatic heterocycles. The summed E-state index contributed by atoms with van der Waals surface area (Å²) in [6.45, 7) is 4.27. The van der Waals surface area contributed by atoms with E-state index in [9.17, 15) is 0 Å². The van der Waals surface area contributed by atoms with Gasteiger partial charge in [0.2, 0.25) is 0 Å². The zero-order valence-electron chi connectivity index (χ0n) is 8.91. The molecule has 0 bridgehead atoms. The Hall–Kier alpha value is 0.530. The highest BCUT2D eigenvalue weighted by atomic mass is 35.5. The molecule has 1 nitrogen and oxygen atoms in total. The van der Waals surface area contributed by atoms with Crippen molar-refractivity contribution in [2.75, 3.05) is 0 Å². The summed E-state index contributed by atoms with van der Waals surface area (Å²) in [5.74, 6) is 0. The molecule has 14 heavy (non-hydrogen) atoms. The second-order valence-electron chi connectivity index (χ2n) is 3.96. The molecule has 0 amide bonds. The first-order chi connectivity index (χ1) is 6.18. The van der Waals surface area contributed by atoms with Gasteiger partial charge in [-0.15, -0.1) is 12.4 Å². The normalized spacial score (nSPS) is 17.6. The predicted octanol–water partition coefficient (Wildman–Crippen LogP) is 3.76. The van der Waals surface area contributed by atoms with Crippen LogP contribution in [0.5, 0.6) is 0 Å². The number of hydrogen-bond acceptors (Lipinski definition) is 2. The Balaban J connectivity index is 0.00000169. The minimum Gasteiger partial charge on any atom is -0.369 e. The van der Waals surface area contributed by atoms with Crippen molar-refractivity contribution in [3.63, 3.8) is 0 Å². The van der Waals surface area contributed by atoms with E-state index in [2.05, 4.69) is 19.2 Å². The standard InChI is InChI=1S/C10H19NS2.ClH/c1-8(2)11-10(12)13-9-6-4-3-5-7-9;/h8-9H,3-7H2,1-2H3,(H,11,12);1H. The molecule has 1 rings (SSSR count). The lowest BCUT2D eigenvalue weighted by atomic mass is 10.0. The summed E-state index contributed by atoms with van der Waals surface area (Å²) in [7, 11) is 0. The second kappa shape index (κ2) is 7.77. The van der Waals surface area contributed by atoms with Gasteiger partial charge in [-0.2, -0.15) is 0 Å². The molecule has 1 fully saturated rings. The smallest absolute Gasteiger partial charge is 0.134 e. The fourth-order valence-corrected chi connectivity index (χ4v) is 3.42. The molecule has 0 unspecified atom stereocenters. The van der Waals surface area contributed by atoms with Crippen molar-refractivity contribution in [3.05, 3.63) is 0 Å². The zero-order valence-corrected chi connectivity index (χ0v) is 11.4. The molecule has 0 saturated heterocycles. The molecule has 0 aromatic rings. The van der Waals surface area contributed by atoms with Gasteiger partial charge in [0.1, 0.15) is 4.32 Å². The number of halogens is 1. The molecule has 0 radical (unpaired) electrons. The number of nitrogens with one attached hydrogen (secondary N) is 1. The maximum atomic E-state index is 5.26. The van der Waals surface area contributed by atoms with Gasteiger partial charge < -0.3 is 5.32 Å². The van der Waals surface area contributed by atoms with Crippen molar-refractivity contribution in [3.8, 4) is 0 Å². The van der Waals surface area contributed by atoms with Gasteiger partial charge in [0.05, 0.1) is 0 Å². The third kappa shape index (κ3) is 6.10. The van der Waals surface area contributed by atoms with E-state index in [1.807, 2.05) is 11.8 Å². The minimum atomic E-state index is 0. The van der Waals surface area contributed by atoms with Gasteiger partial charge >= 0.3 is 0 Å². The van der Waals surface area contributed by atoms with Gasteiger partial charge in [-0.1, -0.05) is 43.2 Å². The third-order valence-corrected chi connectivity index (χ3v) is 3.78. The summed E-state index contributed by atoms with van der Waals surface area (Å²) in [6, 6.07) is 0.476. The lowest BCUT2D eigenvalue weighted by Crippen LogP contribution is -2.28. The molecule has 1 N–H and O–H groups in total. The van der Waals surface area contributed by atoms with Gasteiger partial charge in [0.15, 0.2) is 0 Å². The Bertz CT molecular complexity index is 168. The average molecular weight is 254 g/mol. The highest BCUT2D eigenvalue weighted by Crippen LogP contribution is 2.28. The Morgan fingerprint density at radius 1 is 1.29 bits per heavy atom. The second-order valence-corrected chi connectivity index (χ2v) is 5.94. The van der Waals surface area contributed by atoms with Gasteiger partial charge in [-0.25, -0.2) is 0 Å². The van der Waals surface area contributed by atoms with Crippen LogP contribution in [-0.4, -0.2) is 15.6 Å². The van der Waals surface area contributed by atoms with E-state index in [0.29, 0.717) is 6.04 Å². The molecule has 1 aliphatic rings. The van der Waals surface area contributed by atoms with Crippen molar-refractivity contribution in [2.24, 2.45) is 0 Å². The molecule has 4 heteroatoms. The van der Waals surface area contributed by atoms with Crippen molar-refractivity contribution in [2.45, 2.75) is 57.2 Å². The van der Waals surface area contributed by atoms with E-state index in [1.165, 1.54) is 32.1 Å². The van der Waals surface area contributed by atoms with Crippen LogP contribution in [-0.2, 0) is 0 Å². The van der Waals surface area contributed by atoms with E-state index >= 15 is 0 Å². The fourth-order valence-electron chi connectivity index (χ4n) is 1.60. The van der Waals surface area contributed by atoms with Gasteiger partial charge in [-0.3, -0.25) is 0 Å². The first kappa shape index (κ1) is 14.5. The third-order valence-electron chi connectivity index (χ3n) is 2.23. The van der Waals surface area contributed by atoms with E-state index in [0.717, 1.165) is 9.57 Å². The van der Waals surface area contributed by atoms with Crippen LogP contribution in [0.4, 0.5) is 0 Å². The first-order valence-electron chi connectivity index (χ1n) is 5.15. The molecule has 0 aromatic carbocycles. The average Bonchev–Trinajstić information content (AvgIpc) is 2.04. The Morgan fingerprint density at radius 3 is 2.36 bits per heavy atom. The largest absolute Gasteiger partial charge is 0.369 e. The molecule has 0 spiro atoms. The monoisotopic (exact) mass is 253 g/mol. The molecular weight excluding hydrogens is 234 g/mol. The number of hydrogen-bond donors (Lipinski definition) is 1. The van der Waals surface area contributed by atoms with Crippen molar-refractivity contribution >= 4 is 40.7 Å². The van der Waals surface area contributed by atoms with E-state index in [1.54, 1.807) is 0 Å². The molecule has 0 aromatic heterocycles. The summed E-state index contributed by atoms with van der Waals surface area (Å²) >= 11 is 7.13. The summed E-state index contributed by atoms with van der Waals surface area (Å²) in [6.07, 6.45) is 6.90. The topological polar surface area (TPSA) is 12.0 Å². The molecule has 0 heterocycles. The molecule has 84 valence electrons. The zero-order chi connectivity index (χ0) is 9.68. The lowest BCUT2D eigenvalue weighted by molar-refractivity contribution is 0.517. The highest BCUT2D eigenvalue weighted by molar-refractivity contribution is 8.23. The predicted molar refractivity (Wildman–Crippen MR) is 72.6 cm³/mol. The lowest BCUT2D eigenvalue weighted by Gasteiger charge is -2.22. The van der Waals surface area contributed by atoms with Crippen LogP contribution in [0.1, 0.15) is 46.0 Å². The van der Waals surface area contributed by atoms with Crippen LogP contribution in [0.3, 0.4) is 0 Å². The van der Waals surface area contributed by atoms with Crippen LogP contribution in [0.25, 0.3) is 0 Å². The van der Waals surface area contributed by atoms with Gasteiger partial charge in [0, 0.05) is 11.3 Å². The molecular formula is C10H20ClNS2. The van der Waals surface area contributed by atoms with E-state index in [4.69, 9.17) is 12.2 Å². The summed E-state index contributed by atoms with van der Waals surface area (Å²) in [5.41, 5.74) is 0. The Kier molecular flexibility index (Phi) is 8.07. The molecule has 1 aliphatic carbocycles. The van der Waals surface area contributed by atoms with E-state index in [-0.39, 0.29) is 12.4 Å². The maximum Gasteiger partial charge on any atom is 0.134 e. The van der Waals surface area contributed by atoms with Gasteiger partial charge in [-0.05, 0) is 26.7 Å². The van der Waals surface area contributed by atoms with Gasteiger partial charge in [0.25, 0.3) is 0 Å². The minimum absolute atomic E-state index is 0. The number of thiocarbonyl (C=S) groups is 1. The highest BCUT2D eigenvalue weighted by Gasteiger charge is 2.15. The van der Waals surface area contributed by atoms with Crippen LogP contribution < -0.4 is 5.32 Å². The SMILES string of the molecule is CC(C)NC(=S)SC1CCCCC1.Cl. The summed E-state index contributed by atoms with van der Waals surface area (Å²) in [4.78, 5) is 0. The van der Waals surface area contributed by atoms with Crippen LogP contribution in [0.15, 0.2) is 0 Å². The Morgan fingerprint density at radius 2 is 1.86 bits per heavy atom. The fraction of sp³-hybridized carbons (Fsp3) is 0.900. The van der Waals surface area contributed by atoms with Crippen LogP contribution in [0, 0.1) is 0 Å². The van der Waals surface area contributed by atoms with Crippen LogP contribution >= 0.6 is 36.4 Å². The van der Waals surface area contributed by atoms with Crippen molar-refractivity contribution < 1.29 is 0 Å². The van der Waals surface area contributed by atoms with E-state index < -0.39 is 0 Å². The summed E-state index contributed by atoms with van der Waals surface area (Å²) in [5, 5.41) is 4.07. The number of rotatable bonds is 2. The van der Waals surface area contributed by atoms with Crippen molar-refractivity contribution in [1.29, 1.82) is 0 Å². The van der Waals surface area contributed by atoms with Crippen molar-refractivity contribution in [1.82, 2.24) is 5.32 Å². The first-order valence-corrected chi connectivity index (χ1v) is 6.44. The number of thioether (sulfide) groups is 1.